The number of hydrogen-bond donors (Lipinski definition) is 0. The normalized spacial score (nSPS) is 10.7. The quantitative estimate of drug-likeness (QED) is 0.781. The second kappa shape index (κ2) is 5.93. The second-order valence-corrected chi connectivity index (χ2v) is 5.29. The summed E-state index contributed by atoms with van der Waals surface area (Å²) < 4.78 is 18.9. The SMILES string of the molecule is CC(C)c1nc(COc2c(F)cccc2C=O)cs1. The molecule has 0 aliphatic heterocycles. The first-order valence-electron chi connectivity index (χ1n) is 5.92. The van der Waals surface area contributed by atoms with Crippen LogP contribution in [0, 0.1) is 5.82 Å². The van der Waals surface area contributed by atoms with Gasteiger partial charge in [-0.15, -0.1) is 11.3 Å². The molecule has 19 heavy (non-hydrogen) atoms. The Kier molecular flexibility index (Phi) is 4.27. The van der Waals surface area contributed by atoms with Gasteiger partial charge in [-0.3, -0.25) is 4.79 Å². The molecule has 0 aliphatic rings. The van der Waals surface area contributed by atoms with Gasteiger partial charge in [-0.25, -0.2) is 9.37 Å². The Morgan fingerprint density at radius 3 is 2.89 bits per heavy atom. The van der Waals surface area contributed by atoms with Gasteiger partial charge in [0, 0.05) is 11.3 Å². The van der Waals surface area contributed by atoms with Crippen LogP contribution in [0.5, 0.6) is 5.75 Å². The minimum Gasteiger partial charge on any atom is -0.483 e. The van der Waals surface area contributed by atoms with E-state index in [1.165, 1.54) is 18.2 Å². The summed E-state index contributed by atoms with van der Waals surface area (Å²) in [4.78, 5) is 15.2. The lowest BCUT2D eigenvalue weighted by molar-refractivity contribution is 0.111. The largest absolute Gasteiger partial charge is 0.483 e. The first-order valence-corrected chi connectivity index (χ1v) is 6.80. The first kappa shape index (κ1) is 13.7. The summed E-state index contributed by atoms with van der Waals surface area (Å²) in [5, 5.41) is 2.90. The number of benzene rings is 1. The van der Waals surface area contributed by atoms with Gasteiger partial charge in [-0.05, 0) is 12.1 Å². The Labute approximate surface area is 115 Å². The highest BCUT2D eigenvalue weighted by Gasteiger charge is 2.11. The van der Waals surface area contributed by atoms with Gasteiger partial charge in [-0.1, -0.05) is 19.9 Å². The Morgan fingerprint density at radius 2 is 2.26 bits per heavy atom. The maximum absolute atomic E-state index is 13.6. The van der Waals surface area contributed by atoms with Gasteiger partial charge in [0.15, 0.2) is 17.9 Å². The maximum Gasteiger partial charge on any atom is 0.166 e. The van der Waals surface area contributed by atoms with E-state index in [2.05, 4.69) is 18.8 Å². The van der Waals surface area contributed by atoms with E-state index < -0.39 is 5.82 Å². The molecule has 1 heterocycles. The smallest absolute Gasteiger partial charge is 0.166 e. The van der Waals surface area contributed by atoms with E-state index in [9.17, 15) is 9.18 Å². The van der Waals surface area contributed by atoms with Crippen molar-refractivity contribution in [3.05, 3.63) is 45.7 Å². The standard InChI is InChI=1S/C14H14FNO2S/c1-9(2)14-16-11(8-19-14)7-18-13-10(6-17)4-3-5-12(13)15/h3-6,8-9H,7H2,1-2H3. The molecule has 0 fully saturated rings. The number of nitrogens with zero attached hydrogens (tertiary/aromatic N) is 1. The van der Waals surface area contributed by atoms with Crippen molar-refractivity contribution in [1.29, 1.82) is 0 Å². The minimum absolute atomic E-state index is 0.0170. The summed E-state index contributed by atoms with van der Waals surface area (Å²) in [6.45, 7) is 4.28. The molecule has 100 valence electrons. The van der Waals surface area contributed by atoms with E-state index in [1.807, 2.05) is 5.38 Å². The Hall–Kier alpha value is -1.75. The lowest BCUT2D eigenvalue weighted by Crippen LogP contribution is -2.01. The molecule has 0 saturated heterocycles. The van der Waals surface area contributed by atoms with Gasteiger partial charge in [0.1, 0.15) is 6.61 Å². The maximum atomic E-state index is 13.6. The van der Waals surface area contributed by atoms with Crippen LogP contribution in [-0.2, 0) is 6.61 Å². The summed E-state index contributed by atoms with van der Waals surface area (Å²) >= 11 is 1.55. The zero-order valence-electron chi connectivity index (χ0n) is 10.7. The van der Waals surface area contributed by atoms with Gasteiger partial charge < -0.3 is 4.74 Å². The van der Waals surface area contributed by atoms with Crippen molar-refractivity contribution in [3.63, 3.8) is 0 Å². The van der Waals surface area contributed by atoms with Crippen molar-refractivity contribution >= 4 is 17.6 Å². The van der Waals surface area contributed by atoms with Crippen molar-refractivity contribution < 1.29 is 13.9 Å². The number of para-hydroxylation sites is 1. The molecule has 0 radical (unpaired) electrons. The van der Waals surface area contributed by atoms with E-state index >= 15 is 0 Å². The number of hydrogen-bond acceptors (Lipinski definition) is 4. The zero-order chi connectivity index (χ0) is 13.8. The molecule has 0 atom stereocenters. The molecule has 0 unspecified atom stereocenters. The molecule has 0 bridgehead atoms. The molecule has 0 saturated carbocycles. The van der Waals surface area contributed by atoms with Gasteiger partial charge >= 0.3 is 0 Å². The summed E-state index contributed by atoms with van der Waals surface area (Å²) in [7, 11) is 0. The van der Waals surface area contributed by atoms with E-state index in [-0.39, 0.29) is 17.9 Å². The lowest BCUT2D eigenvalue weighted by Gasteiger charge is -2.07. The highest BCUT2D eigenvalue weighted by atomic mass is 32.1. The van der Waals surface area contributed by atoms with Crippen molar-refractivity contribution in [1.82, 2.24) is 4.98 Å². The number of halogens is 1. The van der Waals surface area contributed by atoms with Crippen molar-refractivity contribution in [2.45, 2.75) is 26.4 Å². The fourth-order valence-electron chi connectivity index (χ4n) is 1.57. The predicted molar refractivity (Wildman–Crippen MR) is 72.3 cm³/mol. The Morgan fingerprint density at radius 1 is 1.47 bits per heavy atom. The van der Waals surface area contributed by atoms with E-state index in [4.69, 9.17) is 4.74 Å². The first-order chi connectivity index (χ1) is 9.11. The fraction of sp³-hybridized carbons (Fsp3) is 0.286. The number of carbonyl (C=O) groups excluding carboxylic acids is 1. The minimum atomic E-state index is -0.538. The van der Waals surface area contributed by atoms with Crippen LogP contribution >= 0.6 is 11.3 Å². The van der Waals surface area contributed by atoms with E-state index in [0.29, 0.717) is 12.2 Å². The highest BCUT2D eigenvalue weighted by molar-refractivity contribution is 7.09. The topological polar surface area (TPSA) is 39.2 Å². The number of aldehydes is 1. The third kappa shape index (κ3) is 3.17. The second-order valence-electron chi connectivity index (χ2n) is 4.40. The Balaban J connectivity index is 2.12. The molecule has 2 rings (SSSR count). The van der Waals surface area contributed by atoms with Crippen LogP contribution in [0.4, 0.5) is 4.39 Å². The van der Waals surface area contributed by atoms with Gasteiger partial charge in [0.2, 0.25) is 0 Å². The molecule has 0 spiro atoms. The van der Waals surface area contributed by atoms with Crippen LogP contribution in [0.25, 0.3) is 0 Å². The number of rotatable bonds is 5. The number of carbonyl (C=O) groups is 1. The molecular formula is C14H14FNO2S. The molecular weight excluding hydrogens is 265 g/mol. The van der Waals surface area contributed by atoms with Gasteiger partial charge in [0.25, 0.3) is 0 Å². The van der Waals surface area contributed by atoms with Crippen LogP contribution in [0.3, 0.4) is 0 Å². The molecule has 1 aromatic carbocycles. The number of ether oxygens (including phenoxy) is 1. The number of aromatic nitrogens is 1. The summed E-state index contributed by atoms with van der Waals surface area (Å²) in [6.07, 6.45) is 0.582. The van der Waals surface area contributed by atoms with Crippen LogP contribution in [0.2, 0.25) is 0 Å². The molecule has 2 aromatic rings. The van der Waals surface area contributed by atoms with Gasteiger partial charge in [0.05, 0.1) is 16.3 Å². The van der Waals surface area contributed by atoms with Crippen LogP contribution in [0.15, 0.2) is 23.6 Å². The Bertz CT molecular complexity index is 581. The molecule has 0 amide bonds. The zero-order valence-corrected chi connectivity index (χ0v) is 11.5. The van der Waals surface area contributed by atoms with Crippen LogP contribution in [-0.4, -0.2) is 11.3 Å². The summed E-state index contributed by atoms with van der Waals surface area (Å²) in [5.41, 5.74) is 0.952. The van der Waals surface area contributed by atoms with Crippen molar-refractivity contribution in [3.8, 4) is 5.75 Å². The van der Waals surface area contributed by atoms with Gasteiger partial charge in [-0.2, -0.15) is 0 Å². The molecule has 3 nitrogen and oxygen atoms in total. The van der Waals surface area contributed by atoms with Crippen molar-refractivity contribution in [2.75, 3.05) is 0 Å². The van der Waals surface area contributed by atoms with Crippen LogP contribution in [0.1, 0.15) is 40.8 Å². The molecule has 0 aliphatic carbocycles. The van der Waals surface area contributed by atoms with E-state index in [1.54, 1.807) is 11.3 Å². The lowest BCUT2D eigenvalue weighted by atomic mass is 10.2. The molecule has 1 aromatic heterocycles. The third-order valence-corrected chi connectivity index (χ3v) is 3.75. The fourth-order valence-corrected chi connectivity index (χ4v) is 2.39. The molecule has 0 N–H and O–H groups in total. The molecule has 5 heteroatoms. The monoisotopic (exact) mass is 279 g/mol. The average Bonchev–Trinajstić information content (AvgIpc) is 2.86. The summed E-state index contributed by atoms with van der Waals surface area (Å²) in [6, 6.07) is 4.26. The van der Waals surface area contributed by atoms with E-state index in [0.717, 1.165) is 10.7 Å². The highest BCUT2D eigenvalue weighted by Crippen LogP contribution is 2.24. The van der Waals surface area contributed by atoms with Crippen molar-refractivity contribution in [2.24, 2.45) is 0 Å². The summed E-state index contributed by atoms with van der Waals surface area (Å²) in [5.74, 6) is -0.196. The van der Waals surface area contributed by atoms with Crippen LogP contribution < -0.4 is 4.74 Å². The average molecular weight is 279 g/mol. The number of thiazole rings is 1. The predicted octanol–water partition coefficient (Wildman–Crippen LogP) is 3.80. The third-order valence-electron chi connectivity index (χ3n) is 2.55.